The first-order valence-corrected chi connectivity index (χ1v) is 12.5. The van der Waals surface area contributed by atoms with Crippen LogP contribution in [0.15, 0.2) is 65.6 Å². The highest BCUT2D eigenvalue weighted by Crippen LogP contribution is 2.29. The predicted octanol–water partition coefficient (Wildman–Crippen LogP) is 5.65. The van der Waals surface area contributed by atoms with Gasteiger partial charge in [0, 0.05) is 5.02 Å². The Morgan fingerprint density at radius 3 is 2.18 bits per heavy atom. The van der Waals surface area contributed by atoms with Gasteiger partial charge in [-0.3, -0.25) is 9.10 Å². The van der Waals surface area contributed by atoms with Gasteiger partial charge >= 0.3 is 0 Å². The third-order valence-electron chi connectivity index (χ3n) is 5.74. The van der Waals surface area contributed by atoms with Crippen molar-refractivity contribution in [2.45, 2.75) is 45.6 Å². The van der Waals surface area contributed by atoms with E-state index in [-0.39, 0.29) is 17.5 Å². The second kappa shape index (κ2) is 9.98. The summed E-state index contributed by atoms with van der Waals surface area (Å²) >= 11 is 6.18. The largest absolute Gasteiger partial charge is 0.348 e. The molecule has 7 heteroatoms. The molecule has 3 aromatic rings. The molecule has 1 atom stereocenters. The molecule has 0 aliphatic rings. The first-order valence-electron chi connectivity index (χ1n) is 10.7. The lowest BCUT2D eigenvalue weighted by atomic mass is 10.0. The molecule has 33 heavy (non-hydrogen) atoms. The molecule has 0 saturated carbocycles. The molecule has 0 bridgehead atoms. The number of rotatable bonds is 7. The van der Waals surface area contributed by atoms with Crippen molar-refractivity contribution in [3.05, 3.63) is 93.5 Å². The Hall–Kier alpha value is -2.83. The number of amides is 1. The van der Waals surface area contributed by atoms with Gasteiger partial charge in [-0.05, 0) is 81.1 Å². The van der Waals surface area contributed by atoms with Gasteiger partial charge in [0.1, 0.15) is 6.54 Å². The lowest BCUT2D eigenvalue weighted by Gasteiger charge is -2.27. The van der Waals surface area contributed by atoms with Crippen LogP contribution >= 0.6 is 11.6 Å². The van der Waals surface area contributed by atoms with Crippen molar-refractivity contribution in [1.29, 1.82) is 0 Å². The standard InChI is InChI=1S/C26H29ClN2O3S/c1-17-6-12-24(13-7-17)33(31,32)29(25-15-23(27)11-9-19(25)3)16-26(30)28-21(5)22-10-8-18(2)20(4)14-22/h6-15,21H,16H2,1-5H3,(H,28,30). The molecule has 0 fully saturated rings. The third-order valence-corrected chi connectivity index (χ3v) is 7.75. The zero-order valence-corrected chi connectivity index (χ0v) is 21.1. The van der Waals surface area contributed by atoms with Crippen LogP contribution in [0.1, 0.15) is 40.8 Å². The van der Waals surface area contributed by atoms with Gasteiger partial charge in [-0.25, -0.2) is 8.42 Å². The molecule has 1 amide bonds. The number of halogens is 1. The van der Waals surface area contributed by atoms with Crippen LogP contribution in [0.25, 0.3) is 0 Å². The number of hydrogen-bond acceptors (Lipinski definition) is 3. The summed E-state index contributed by atoms with van der Waals surface area (Å²) in [5.41, 5.74) is 5.27. The zero-order chi connectivity index (χ0) is 24.3. The number of sulfonamides is 1. The molecule has 1 unspecified atom stereocenters. The number of hydrogen-bond donors (Lipinski definition) is 1. The number of anilines is 1. The highest BCUT2D eigenvalue weighted by molar-refractivity contribution is 7.92. The van der Waals surface area contributed by atoms with Crippen LogP contribution in [-0.2, 0) is 14.8 Å². The zero-order valence-electron chi connectivity index (χ0n) is 19.5. The van der Waals surface area contributed by atoms with Gasteiger partial charge < -0.3 is 5.32 Å². The van der Waals surface area contributed by atoms with E-state index in [9.17, 15) is 13.2 Å². The molecule has 0 aliphatic heterocycles. The SMILES string of the molecule is Cc1ccc(S(=O)(=O)N(CC(=O)NC(C)c2ccc(C)c(C)c2)c2cc(Cl)ccc2C)cc1. The van der Waals surface area contributed by atoms with Crippen molar-refractivity contribution >= 4 is 33.2 Å². The Morgan fingerprint density at radius 1 is 0.909 bits per heavy atom. The number of nitrogens with zero attached hydrogens (tertiary/aromatic N) is 1. The minimum atomic E-state index is -4.00. The third kappa shape index (κ3) is 5.75. The summed E-state index contributed by atoms with van der Waals surface area (Å²) in [6.45, 7) is 9.24. The smallest absolute Gasteiger partial charge is 0.264 e. The molecule has 174 valence electrons. The molecule has 0 aromatic heterocycles. The fraction of sp³-hybridized carbons (Fsp3) is 0.269. The summed E-state index contributed by atoms with van der Waals surface area (Å²) in [4.78, 5) is 13.2. The minimum Gasteiger partial charge on any atom is -0.348 e. The molecule has 0 aliphatic carbocycles. The second-order valence-electron chi connectivity index (χ2n) is 8.39. The number of aryl methyl sites for hydroxylation is 4. The summed E-state index contributed by atoms with van der Waals surface area (Å²) in [5, 5.41) is 3.32. The summed E-state index contributed by atoms with van der Waals surface area (Å²) in [5.74, 6) is -0.407. The quantitative estimate of drug-likeness (QED) is 0.471. The maximum atomic E-state index is 13.6. The average molecular weight is 485 g/mol. The van der Waals surface area contributed by atoms with Gasteiger partial charge in [0.2, 0.25) is 5.91 Å². The lowest BCUT2D eigenvalue weighted by molar-refractivity contribution is -0.120. The van der Waals surface area contributed by atoms with Crippen molar-refractivity contribution in [2.75, 3.05) is 10.8 Å². The van der Waals surface area contributed by atoms with E-state index in [1.165, 1.54) is 5.56 Å². The Balaban J connectivity index is 1.94. The van der Waals surface area contributed by atoms with Crippen LogP contribution in [-0.4, -0.2) is 20.9 Å². The van der Waals surface area contributed by atoms with Crippen LogP contribution in [0.2, 0.25) is 5.02 Å². The monoisotopic (exact) mass is 484 g/mol. The topological polar surface area (TPSA) is 66.5 Å². The first kappa shape index (κ1) is 24.8. The summed E-state index contributed by atoms with van der Waals surface area (Å²) in [6, 6.07) is 17.3. The van der Waals surface area contributed by atoms with E-state index in [2.05, 4.69) is 5.32 Å². The van der Waals surface area contributed by atoms with E-state index in [1.54, 1.807) is 49.4 Å². The number of nitrogens with one attached hydrogen (secondary N) is 1. The van der Waals surface area contributed by atoms with Crippen LogP contribution in [0.3, 0.4) is 0 Å². The Kier molecular flexibility index (Phi) is 7.50. The maximum Gasteiger partial charge on any atom is 0.264 e. The van der Waals surface area contributed by atoms with E-state index >= 15 is 0 Å². The molecule has 0 spiro atoms. The minimum absolute atomic E-state index is 0.113. The molecule has 1 N–H and O–H groups in total. The van der Waals surface area contributed by atoms with Gasteiger partial charge in [0.05, 0.1) is 16.6 Å². The molecule has 0 radical (unpaired) electrons. The summed E-state index contributed by atoms with van der Waals surface area (Å²) in [7, 11) is -4.00. The van der Waals surface area contributed by atoms with E-state index in [4.69, 9.17) is 11.6 Å². The molecular formula is C26H29ClN2O3S. The van der Waals surface area contributed by atoms with Crippen molar-refractivity contribution in [3.8, 4) is 0 Å². The van der Waals surface area contributed by atoms with Crippen molar-refractivity contribution in [3.63, 3.8) is 0 Å². The first-order chi connectivity index (χ1) is 15.5. The van der Waals surface area contributed by atoms with Gasteiger partial charge in [-0.1, -0.05) is 53.6 Å². The van der Waals surface area contributed by atoms with Crippen LogP contribution < -0.4 is 9.62 Å². The van der Waals surface area contributed by atoms with E-state index < -0.39 is 15.9 Å². The van der Waals surface area contributed by atoms with Crippen molar-refractivity contribution < 1.29 is 13.2 Å². The predicted molar refractivity (Wildman–Crippen MR) is 134 cm³/mol. The normalized spacial score (nSPS) is 12.3. The van der Waals surface area contributed by atoms with Crippen LogP contribution in [0.4, 0.5) is 5.69 Å². The van der Waals surface area contributed by atoms with Crippen LogP contribution in [0, 0.1) is 27.7 Å². The summed E-state index contributed by atoms with van der Waals surface area (Å²) in [6.07, 6.45) is 0. The number of carbonyl (C=O) groups excluding carboxylic acids is 1. The molecule has 0 heterocycles. The van der Waals surface area contributed by atoms with Crippen molar-refractivity contribution in [2.24, 2.45) is 0 Å². The number of carbonyl (C=O) groups is 1. The molecular weight excluding hydrogens is 456 g/mol. The van der Waals surface area contributed by atoms with Crippen LogP contribution in [0.5, 0.6) is 0 Å². The Morgan fingerprint density at radius 2 is 1.55 bits per heavy atom. The fourth-order valence-corrected chi connectivity index (χ4v) is 5.17. The fourth-order valence-electron chi connectivity index (χ4n) is 3.52. The van der Waals surface area contributed by atoms with E-state index in [0.29, 0.717) is 16.3 Å². The van der Waals surface area contributed by atoms with Gasteiger partial charge in [0.25, 0.3) is 10.0 Å². The van der Waals surface area contributed by atoms with E-state index in [1.807, 2.05) is 45.9 Å². The molecule has 3 rings (SSSR count). The molecule has 0 saturated heterocycles. The number of benzene rings is 3. The highest BCUT2D eigenvalue weighted by Gasteiger charge is 2.29. The van der Waals surface area contributed by atoms with Gasteiger partial charge in [-0.15, -0.1) is 0 Å². The van der Waals surface area contributed by atoms with Gasteiger partial charge in [-0.2, -0.15) is 0 Å². The summed E-state index contributed by atoms with van der Waals surface area (Å²) < 4.78 is 28.3. The second-order valence-corrected chi connectivity index (χ2v) is 10.7. The molecule has 5 nitrogen and oxygen atoms in total. The highest BCUT2D eigenvalue weighted by atomic mass is 35.5. The van der Waals surface area contributed by atoms with Gasteiger partial charge in [0.15, 0.2) is 0 Å². The average Bonchev–Trinajstić information content (AvgIpc) is 2.76. The Bertz CT molecular complexity index is 1270. The maximum absolute atomic E-state index is 13.6. The van der Waals surface area contributed by atoms with E-state index in [0.717, 1.165) is 21.0 Å². The molecule has 3 aromatic carbocycles. The lowest BCUT2D eigenvalue weighted by Crippen LogP contribution is -2.42. The Labute approximate surface area is 201 Å². The van der Waals surface area contributed by atoms with Crippen molar-refractivity contribution in [1.82, 2.24) is 5.32 Å².